The maximum absolute atomic E-state index is 12.4. The molecule has 1 aromatic carbocycles. The molecule has 1 aliphatic rings. The molecule has 1 atom stereocenters. The lowest BCUT2D eigenvalue weighted by atomic mass is 10.2. The van der Waals surface area contributed by atoms with Crippen molar-refractivity contribution in [3.8, 4) is 5.88 Å². The normalized spacial score (nSPS) is 17.4. The van der Waals surface area contributed by atoms with Crippen LogP contribution in [-0.4, -0.2) is 35.0 Å². The van der Waals surface area contributed by atoms with Gasteiger partial charge in [-0.25, -0.2) is 4.98 Å². The van der Waals surface area contributed by atoms with Crippen molar-refractivity contribution < 1.29 is 13.9 Å². The molecule has 1 saturated heterocycles. The molecule has 5 nitrogen and oxygen atoms in total. The third-order valence-corrected chi connectivity index (χ3v) is 4.50. The van der Waals surface area contributed by atoms with Gasteiger partial charge in [-0.1, -0.05) is 18.2 Å². The van der Waals surface area contributed by atoms with Gasteiger partial charge in [0, 0.05) is 24.4 Å². The molecule has 2 aromatic heterocycles. The van der Waals surface area contributed by atoms with Crippen LogP contribution in [-0.2, 0) is 0 Å². The monoisotopic (exact) mass is 386 g/mol. The summed E-state index contributed by atoms with van der Waals surface area (Å²) in [5.41, 5.74) is 0.904. The number of nitrogens with zero attached hydrogens (tertiary/aromatic N) is 2. The first-order chi connectivity index (χ1) is 11.7. The summed E-state index contributed by atoms with van der Waals surface area (Å²) in [5, 5.41) is 1.08. The van der Waals surface area contributed by atoms with E-state index in [2.05, 4.69) is 20.9 Å². The maximum Gasteiger partial charge on any atom is 0.289 e. The van der Waals surface area contributed by atoms with Crippen LogP contribution in [0.5, 0.6) is 5.88 Å². The Morgan fingerprint density at radius 2 is 2.08 bits per heavy atom. The zero-order valence-electron chi connectivity index (χ0n) is 12.8. The number of hydrogen-bond donors (Lipinski definition) is 0. The van der Waals surface area contributed by atoms with Crippen LogP contribution in [0.1, 0.15) is 17.0 Å². The average molecular weight is 387 g/mol. The molecular weight excluding hydrogens is 372 g/mol. The molecule has 0 N–H and O–H groups in total. The molecule has 0 aliphatic carbocycles. The molecule has 1 amide bonds. The van der Waals surface area contributed by atoms with Gasteiger partial charge in [0.25, 0.3) is 5.91 Å². The van der Waals surface area contributed by atoms with E-state index >= 15 is 0 Å². The fraction of sp³-hybridized carbons (Fsp3) is 0.222. The molecule has 3 aromatic rings. The molecule has 3 heterocycles. The molecule has 1 fully saturated rings. The Balaban J connectivity index is 1.43. The van der Waals surface area contributed by atoms with E-state index in [1.807, 2.05) is 36.4 Å². The minimum Gasteiger partial charge on any atom is -0.472 e. The van der Waals surface area contributed by atoms with Crippen LogP contribution < -0.4 is 4.74 Å². The smallest absolute Gasteiger partial charge is 0.289 e. The molecule has 0 saturated carbocycles. The molecule has 0 spiro atoms. The van der Waals surface area contributed by atoms with Gasteiger partial charge in [0.05, 0.1) is 12.1 Å². The first-order valence-corrected chi connectivity index (χ1v) is 8.55. The quantitative estimate of drug-likeness (QED) is 0.685. The summed E-state index contributed by atoms with van der Waals surface area (Å²) in [5.74, 6) is 0.818. The van der Waals surface area contributed by atoms with Crippen LogP contribution in [0.25, 0.3) is 10.9 Å². The van der Waals surface area contributed by atoms with Gasteiger partial charge < -0.3 is 14.1 Å². The predicted octanol–water partition coefficient (Wildman–Crippen LogP) is 3.88. The number of fused-ring (bicyclic) bond motifs is 1. The minimum absolute atomic E-state index is 0.0546. The maximum atomic E-state index is 12.4. The number of pyridine rings is 1. The van der Waals surface area contributed by atoms with Crippen molar-refractivity contribution in [1.82, 2.24) is 9.88 Å². The zero-order chi connectivity index (χ0) is 16.5. The number of aromatic nitrogens is 1. The first-order valence-electron chi connectivity index (χ1n) is 7.76. The van der Waals surface area contributed by atoms with Gasteiger partial charge in [-0.2, -0.15) is 0 Å². The third kappa shape index (κ3) is 3.01. The SMILES string of the molecule is O=C(c1ccc(Br)o1)N1CCC(Oc2ccc3ccccc3n2)C1. The summed E-state index contributed by atoms with van der Waals surface area (Å²) in [6, 6.07) is 15.2. The second-order valence-electron chi connectivity index (χ2n) is 5.73. The second-order valence-corrected chi connectivity index (χ2v) is 6.51. The van der Waals surface area contributed by atoms with Crippen LogP contribution in [0, 0.1) is 0 Å². The summed E-state index contributed by atoms with van der Waals surface area (Å²) in [6.45, 7) is 1.18. The number of ether oxygens (including phenoxy) is 1. The number of para-hydroxylation sites is 1. The van der Waals surface area contributed by atoms with E-state index in [0.717, 1.165) is 17.3 Å². The minimum atomic E-state index is -0.113. The molecule has 1 aliphatic heterocycles. The van der Waals surface area contributed by atoms with Crippen molar-refractivity contribution in [3.05, 3.63) is 59.0 Å². The molecule has 6 heteroatoms. The van der Waals surface area contributed by atoms with Crippen LogP contribution in [0.15, 0.2) is 57.6 Å². The Kier molecular flexibility index (Phi) is 3.98. The summed E-state index contributed by atoms with van der Waals surface area (Å²) in [7, 11) is 0. The largest absolute Gasteiger partial charge is 0.472 e. The number of furan rings is 1. The van der Waals surface area contributed by atoms with Crippen molar-refractivity contribution in [2.45, 2.75) is 12.5 Å². The van der Waals surface area contributed by atoms with E-state index in [9.17, 15) is 4.79 Å². The molecule has 24 heavy (non-hydrogen) atoms. The van der Waals surface area contributed by atoms with E-state index in [1.54, 1.807) is 17.0 Å². The highest BCUT2D eigenvalue weighted by Gasteiger charge is 2.30. The van der Waals surface area contributed by atoms with Crippen LogP contribution >= 0.6 is 15.9 Å². The van der Waals surface area contributed by atoms with Crippen LogP contribution in [0.4, 0.5) is 0 Å². The lowest BCUT2D eigenvalue weighted by Gasteiger charge is -2.16. The van der Waals surface area contributed by atoms with Crippen molar-refractivity contribution in [2.75, 3.05) is 13.1 Å². The van der Waals surface area contributed by atoms with Crippen LogP contribution in [0.3, 0.4) is 0 Å². The second kappa shape index (κ2) is 6.28. The summed E-state index contributed by atoms with van der Waals surface area (Å²) < 4.78 is 11.8. The highest BCUT2D eigenvalue weighted by molar-refractivity contribution is 9.10. The number of amides is 1. The third-order valence-electron chi connectivity index (χ3n) is 4.08. The predicted molar refractivity (Wildman–Crippen MR) is 93.1 cm³/mol. The van der Waals surface area contributed by atoms with E-state index < -0.39 is 0 Å². The van der Waals surface area contributed by atoms with Crippen molar-refractivity contribution >= 4 is 32.7 Å². The van der Waals surface area contributed by atoms with Crippen LogP contribution in [0.2, 0.25) is 0 Å². The average Bonchev–Trinajstić information content (AvgIpc) is 3.23. The molecule has 122 valence electrons. The Morgan fingerprint density at radius 3 is 2.92 bits per heavy atom. The van der Waals surface area contributed by atoms with Gasteiger partial charge in [-0.05, 0) is 40.2 Å². The molecule has 0 radical (unpaired) electrons. The topological polar surface area (TPSA) is 55.6 Å². The molecule has 1 unspecified atom stereocenters. The van der Waals surface area contributed by atoms with Gasteiger partial charge in [0.15, 0.2) is 10.4 Å². The van der Waals surface area contributed by atoms with E-state index in [1.165, 1.54) is 0 Å². The van der Waals surface area contributed by atoms with E-state index in [4.69, 9.17) is 9.15 Å². The number of rotatable bonds is 3. The van der Waals surface area contributed by atoms with Gasteiger partial charge in [0.1, 0.15) is 6.10 Å². The van der Waals surface area contributed by atoms with Crippen molar-refractivity contribution in [3.63, 3.8) is 0 Å². The Hall–Kier alpha value is -2.34. The Bertz CT molecular complexity index is 893. The van der Waals surface area contributed by atoms with Gasteiger partial charge >= 0.3 is 0 Å². The number of carbonyl (C=O) groups excluding carboxylic acids is 1. The highest BCUT2D eigenvalue weighted by Crippen LogP contribution is 2.22. The summed E-state index contributed by atoms with van der Waals surface area (Å²) in [4.78, 5) is 18.6. The number of likely N-dealkylation sites (tertiary alicyclic amines) is 1. The Labute approximate surface area is 147 Å². The number of carbonyl (C=O) groups is 1. The van der Waals surface area contributed by atoms with Gasteiger partial charge in [-0.15, -0.1) is 0 Å². The van der Waals surface area contributed by atoms with E-state index in [-0.39, 0.29) is 12.0 Å². The van der Waals surface area contributed by atoms with E-state index in [0.29, 0.717) is 29.4 Å². The first kappa shape index (κ1) is 15.2. The molecule has 4 rings (SSSR count). The number of benzene rings is 1. The van der Waals surface area contributed by atoms with Crippen molar-refractivity contribution in [1.29, 1.82) is 0 Å². The molecule has 0 bridgehead atoms. The fourth-order valence-electron chi connectivity index (χ4n) is 2.88. The Morgan fingerprint density at radius 1 is 1.21 bits per heavy atom. The highest BCUT2D eigenvalue weighted by atomic mass is 79.9. The van der Waals surface area contributed by atoms with Gasteiger partial charge in [0.2, 0.25) is 5.88 Å². The zero-order valence-corrected chi connectivity index (χ0v) is 14.4. The molecular formula is C18H15BrN2O3. The summed E-state index contributed by atoms with van der Waals surface area (Å²) in [6.07, 6.45) is 0.725. The number of hydrogen-bond acceptors (Lipinski definition) is 4. The van der Waals surface area contributed by atoms with Crippen molar-refractivity contribution in [2.24, 2.45) is 0 Å². The fourth-order valence-corrected chi connectivity index (χ4v) is 3.18. The standard InChI is InChI=1S/C18H15BrN2O3/c19-16-7-6-15(24-16)18(22)21-10-9-13(11-21)23-17-8-5-12-3-1-2-4-14(12)20-17/h1-8,13H,9-11H2. The number of halogens is 1. The summed E-state index contributed by atoms with van der Waals surface area (Å²) >= 11 is 3.21. The van der Waals surface area contributed by atoms with Gasteiger partial charge in [-0.3, -0.25) is 4.79 Å². The lowest BCUT2D eigenvalue weighted by Crippen LogP contribution is -2.30. The lowest BCUT2D eigenvalue weighted by molar-refractivity contribution is 0.0738.